The molecule has 0 aliphatic carbocycles. The van der Waals surface area contributed by atoms with Crippen LogP contribution >= 0.6 is 27.5 Å². The molecular formula is C26H28BrClN2O3. The highest BCUT2D eigenvalue weighted by atomic mass is 79.9. The number of carbonyl (C=O) groups is 1. The molecule has 0 spiro atoms. The molecule has 0 aliphatic heterocycles. The molecule has 0 fully saturated rings. The van der Waals surface area contributed by atoms with E-state index in [1.54, 1.807) is 7.11 Å². The summed E-state index contributed by atoms with van der Waals surface area (Å²) in [6.07, 6.45) is 0. The third kappa shape index (κ3) is 7.14. The van der Waals surface area contributed by atoms with Gasteiger partial charge in [-0.25, -0.2) is 0 Å². The molecule has 7 heteroatoms. The van der Waals surface area contributed by atoms with Crippen LogP contribution in [-0.2, 0) is 13.2 Å². The van der Waals surface area contributed by atoms with E-state index in [0.717, 1.165) is 21.3 Å². The lowest BCUT2D eigenvalue weighted by molar-refractivity contribution is 0.0949. The summed E-state index contributed by atoms with van der Waals surface area (Å²) >= 11 is 9.83. The molecule has 2 N–H and O–H groups in total. The molecular weight excluding hydrogens is 504 g/mol. The van der Waals surface area contributed by atoms with Gasteiger partial charge < -0.3 is 20.1 Å². The van der Waals surface area contributed by atoms with Gasteiger partial charge in [0.2, 0.25) is 0 Å². The molecule has 174 valence electrons. The van der Waals surface area contributed by atoms with E-state index in [0.29, 0.717) is 47.7 Å². The van der Waals surface area contributed by atoms with Gasteiger partial charge in [-0.3, -0.25) is 4.79 Å². The van der Waals surface area contributed by atoms with Gasteiger partial charge in [-0.2, -0.15) is 0 Å². The summed E-state index contributed by atoms with van der Waals surface area (Å²) in [6.45, 7) is 5.67. The van der Waals surface area contributed by atoms with Gasteiger partial charge in [0.1, 0.15) is 6.61 Å². The highest BCUT2D eigenvalue weighted by Gasteiger charge is 2.13. The quantitative estimate of drug-likeness (QED) is 0.306. The first-order valence-corrected chi connectivity index (χ1v) is 11.9. The number of anilines is 1. The van der Waals surface area contributed by atoms with Gasteiger partial charge >= 0.3 is 0 Å². The molecule has 0 heterocycles. The minimum Gasteiger partial charge on any atom is -0.493 e. The summed E-state index contributed by atoms with van der Waals surface area (Å²) < 4.78 is 12.4. The Balaban J connectivity index is 1.67. The highest BCUT2D eigenvalue weighted by molar-refractivity contribution is 9.10. The summed E-state index contributed by atoms with van der Waals surface area (Å²) in [6, 6.07) is 19.0. The normalized spacial score (nSPS) is 10.7. The van der Waals surface area contributed by atoms with E-state index in [1.165, 1.54) is 0 Å². The number of rotatable bonds is 10. The maximum absolute atomic E-state index is 12.3. The first-order valence-electron chi connectivity index (χ1n) is 10.7. The molecule has 0 aromatic heterocycles. The lowest BCUT2D eigenvalue weighted by Crippen LogP contribution is -2.27. The lowest BCUT2D eigenvalue weighted by Gasteiger charge is -2.16. The molecule has 0 bridgehead atoms. The Labute approximate surface area is 208 Å². The maximum Gasteiger partial charge on any atom is 0.251 e. The second kappa shape index (κ2) is 12.0. The van der Waals surface area contributed by atoms with Crippen molar-refractivity contribution in [2.24, 2.45) is 5.92 Å². The number of amides is 1. The van der Waals surface area contributed by atoms with Crippen LogP contribution in [0.4, 0.5) is 5.69 Å². The van der Waals surface area contributed by atoms with Crippen LogP contribution < -0.4 is 20.1 Å². The zero-order chi connectivity index (χ0) is 23.8. The molecule has 33 heavy (non-hydrogen) atoms. The molecule has 0 radical (unpaired) electrons. The number of hydrogen-bond donors (Lipinski definition) is 2. The van der Waals surface area contributed by atoms with Crippen LogP contribution in [0.25, 0.3) is 0 Å². The first kappa shape index (κ1) is 24.9. The van der Waals surface area contributed by atoms with Crippen LogP contribution in [0.3, 0.4) is 0 Å². The Bertz CT molecular complexity index is 1100. The Kier molecular flexibility index (Phi) is 9.03. The molecule has 3 aromatic carbocycles. The topological polar surface area (TPSA) is 59.6 Å². The average Bonchev–Trinajstić information content (AvgIpc) is 2.81. The predicted octanol–water partition coefficient (Wildman–Crippen LogP) is 6.69. The van der Waals surface area contributed by atoms with E-state index in [-0.39, 0.29) is 5.91 Å². The summed E-state index contributed by atoms with van der Waals surface area (Å²) in [5.74, 6) is 1.57. The van der Waals surface area contributed by atoms with Crippen molar-refractivity contribution in [3.8, 4) is 11.5 Å². The van der Waals surface area contributed by atoms with Crippen LogP contribution in [-0.4, -0.2) is 19.6 Å². The van der Waals surface area contributed by atoms with Crippen molar-refractivity contribution in [3.63, 3.8) is 0 Å². The number of carbonyl (C=O) groups excluding carboxylic acids is 1. The molecule has 3 aromatic rings. The lowest BCUT2D eigenvalue weighted by atomic mass is 10.1. The van der Waals surface area contributed by atoms with E-state index in [4.69, 9.17) is 21.1 Å². The van der Waals surface area contributed by atoms with Crippen molar-refractivity contribution in [1.82, 2.24) is 5.32 Å². The highest BCUT2D eigenvalue weighted by Crippen LogP contribution is 2.37. The van der Waals surface area contributed by atoms with Crippen LogP contribution in [0.15, 0.2) is 65.1 Å². The number of benzene rings is 3. The molecule has 5 nitrogen and oxygen atoms in total. The van der Waals surface area contributed by atoms with Crippen LogP contribution in [0.1, 0.15) is 35.3 Å². The van der Waals surface area contributed by atoms with Gasteiger partial charge in [0.25, 0.3) is 5.91 Å². The SMILES string of the molecule is COc1cc(CNc2cccc(C(=O)NCC(C)C)c2)cc(Br)c1OCc1ccccc1Cl. The fourth-order valence-electron chi connectivity index (χ4n) is 3.15. The average molecular weight is 532 g/mol. The zero-order valence-corrected chi connectivity index (χ0v) is 21.3. The number of halogens is 2. The van der Waals surface area contributed by atoms with Crippen molar-refractivity contribution in [1.29, 1.82) is 0 Å². The van der Waals surface area contributed by atoms with Crippen LogP contribution in [0, 0.1) is 5.92 Å². The smallest absolute Gasteiger partial charge is 0.251 e. The number of methoxy groups -OCH3 is 1. The third-order valence-corrected chi connectivity index (χ3v) is 5.87. The van der Waals surface area contributed by atoms with Gasteiger partial charge in [0.05, 0.1) is 11.6 Å². The largest absolute Gasteiger partial charge is 0.493 e. The van der Waals surface area contributed by atoms with Crippen LogP contribution in [0.2, 0.25) is 5.02 Å². The van der Waals surface area contributed by atoms with Crippen molar-refractivity contribution in [2.75, 3.05) is 19.0 Å². The van der Waals surface area contributed by atoms with E-state index in [2.05, 4.69) is 40.4 Å². The van der Waals surface area contributed by atoms with E-state index < -0.39 is 0 Å². The molecule has 1 amide bonds. The zero-order valence-electron chi connectivity index (χ0n) is 19.0. The summed E-state index contributed by atoms with van der Waals surface area (Å²) in [7, 11) is 1.61. The monoisotopic (exact) mass is 530 g/mol. The molecule has 3 rings (SSSR count). The van der Waals surface area contributed by atoms with Gasteiger partial charge in [-0.15, -0.1) is 0 Å². The standard InChI is InChI=1S/C26H28BrClN2O3/c1-17(2)14-30-26(31)19-8-6-9-21(13-19)29-15-18-11-22(27)25(24(12-18)32-3)33-16-20-7-4-5-10-23(20)28/h4-13,17,29H,14-16H2,1-3H3,(H,30,31). The maximum atomic E-state index is 12.3. The summed E-state index contributed by atoms with van der Waals surface area (Å²) in [5.41, 5.74) is 3.39. The first-order chi connectivity index (χ1) is 15.9. The Morgan fingerprint density at radius 2 is 1.88 bits per heavy atom. The van der Waals surface area contributed by atoms with Gasteiger partial charge in [-0.05, 0) is 63.8 Å². The second-order valence-electron chi connectivity index (χ2n) is 8.03. The number of hydrogen-bond acceptors (Lipinski definition) is 4. The van der Waals surface area contributed by atoms with Crippen LogP contribution in [0.5, 0.6) is 11.5 Å². The fraction of sp³-hybridized carbons (Fsp3) is 0.269. The Hall–Kier alpha value is -2.70. The van der Waals surface area contributed by atoms with E-state index in [9.17, 15) is 4.79 Å². The van der Waals surface area contributed by atoms with Gasteiger partial charge in [0.15, 0.2) is 11.5 Å². The van der Waals surface area contributed by atoms with Gasteiger partial charge in [-0.1, -0.05) is 49.7 Å². The molecule has 0 saturated heterocycles. The molecule has 0 atom stereocenters. The minimum absolute atomic E-state index is 0.0724. The molecule has 0 unspecified atom stereocenters. The van der Waals surface area contributed by atoms with Gasteiger partial charge in [0, 0.05) is 34.9 Å². The van der Waals surface area contributed by atoms with E-state index in [1.807, 2.05) is 60.7 Å². The number of ether oxygens (including phenoxy) is 2. The number of nitrogens with one attached hydrogen (secondary N) is 2. The predicted molar refractivity (Wildman–Crippen MR) is 137 cm³/mol. The van der Waals surface area contributed by atoms with Crippen molar-refractivity contribution >= 4 is 39.1 Å². The summed E-state index contributed by atoms with van der Waals surface area (Å²) in [5, 5.41) is 6.97. The van der Waals surface area contributed by atoms with Crippen molar-refractivity contribution in [2.45, 2.75) is 27.0 Å². The van der Waals surface area contributed by atoms with E-state index >= 15 is 0 Å². The minimum atomic E-state index is -0.0724. The Morgan fingerprint density at radius 1 is 1.09 bits per heavy atom. The third-order valence-electron chi connectivity index (χ3n) is 4.91. The molecule has 0 saturated carbocycles. The summed E-state index contributed by atoms with van der Waals surface area (Å²) in [4.78, 5) is 12.3. The fourth-order valence-corrected chi connectivity index (χ4v) is 3.95. The second-order valence-corrected chi connectivity index (χ2v) is 9.29. The molecule has 0 aliphatic rings. The van der Waals surface area contributed by atoms with Crippen molar-refractivity contribution in [3.05, 3.63) is 86.8 Å². The Morgan fingerprint density at radius 3 is 2.61 bits per heavy atom. The van der Waals surface area contributed by atoms with Crippen molar-refractivity contribution < 1.29 is 14.3 Å².